The molecule has 0 aromatic heterocycles. The van der Waals surface area contributed by atoms with E-state index in [1.807, 2.05) is 6.07 Å². The maximum absolute atomic E-state index is 10.4. The number of aryl methyl sites for hydroxylation is 1. The average Bonchev–Trinajstić information content (AvgIpc) is 2.48. The van der Waals surface area contributed by atoms with E-state index in [0.717, 1.165) is 19.4 Å². The highest BCUT2D eigenvalue weighted by atomic mass is 16.3. The molecule has 2 aromatic rings. The molecule has 0 saturated carbocycles. The first-order valence-corrected chi connectivity index (χ1v) is 7.26. The summed E-state index contributed by atoms with van der Waals surface area (Å²) in [5, 5.41) is 10.4. The fourth-order valence-corrected chi connectivity index (χ4v) is 3.22. The molecule has 0 spiro atoms. The van der Waals surface area contributed by atoms with E-state index in [4.69, 9.17) is 0 Å². The lowest BCUT2D eigenvalue weighted by Gasteiger charge is -2.37. The Labute approximate surface area is 120 Å². The van der Waals surface area contributed by atoms with Gasteiger partial charge in [-0.2, -0.15) is 0 Å². The highest BCUT2D eigenvalue weighted by molar-refractivity contribution is 5.33. The Morgan fingerprint density at radius 1 is 1.05 bits per heavy atom. The monoisotopic (exact) mass is 267 g/mol. The van der Waals surface area contributed by atoms with Crippen LogP contribution >= 0.6 is 0 Å². The molecule has 1 aliphatic carbocycles. The SMILES string of the molecule is CN(Cc1ccccc1)C1c2ccccc2CCC1O. The van der Waals surface area contributed by atoms with Gasteiger partial charge in [-0.1, -0.05) is 54.6 Å². The van der Waals surface area contributed by atoms with Crippen LogP contribution in [0.2, 0.25) is 0 Å². The summed E-state index contributed by atoms with van der Waals surface area (Å²) in [5.41, 5.74) is 3.94. The molecule has 2 aromatic carbocycles. The van der Waals surface area contributed by atoms with Gasteiger partial charge in [-0.25, -0.2) is 0 Å². The van der Waals surface area contributed by atoms with Crippen molar-refractivity contribution in [3.8, 4) is 0 Å². The summed E-state index contributed by atoms with van der Waals surface area (Å²) >= 11 is 0. The van der Waals surface area contributed by atoms with Gasteiger partial charge in [0.15, 0.2) is 0 Å². The first kappa shape index (κ1) is 13.3. The Balaban J connectivity index is 1.85. The summed E-state index contributed by atoms with van der Waals surface area (Å²) in [6.07, 6.45) is 1.55. The molecule has 1 N–H and O–H groups in total. The van der Waals surface area contributed by atoms with Crippen molar-refractivity contribution in [1.29, 1.82) is 0 Å². The number of nitrogens with zero attached hydrogens (tertiary/aromatic N) is 1. The highest BCUT2D eigenvalue weighted by Gasteiger charge is 2.30. The minimum Gasteiger partial charge on any atom is -0.391 e. The van der Waals surface area contributed by atoms with Gasteiger partial charge in [0, 0.05) is 6.54 Å². The molecule has 0 heterocycles. The fourth-order valence-electron chi connectivity index (χ4n) is 3.22. The molecule has 0 amide bonds. The van der Waals surface area contributed by atoms with Crippen LogP contribution in [0, 0.1) is 0 Å². The van der Waals surface area contributed by atoms with Gasteiger partial charge in [-0.05, 0) is 36.6 Å². The zero-order chi connectivity index (χ0) is 13.9. The van der Waals surface area contributed by atoms with Gasteiger partial charge in [0.25, 0.3) is 0 Å². The second-order valence-corrected chi connectivity index (χ2v) is 5.65. The standard InChI is InChI=1S/C18H21NO/c1-19(13-14-7-3-2-4-8-14)18-16-10-6-5-9-15(16)11-12-17(18)20/h2-10,17-18,20H,11-13H2,1H3. The molecular formula is C18H21NO. The third-order valence-electron chi connectivity index (χ3n) is 4.20. The lowest BCUT2D eigenvalue weighted by molar-refractivity contribution is 0.0454. The fraction of sp³-hybridized carbons (Fsp3) is 0.333. The number of benzene rings is 2. The Hall–Kier alpha value is -1.64. The van der Waals surface area contributed by atoms with Crippen molar-refractivity contribution in [2.24, 2.45) is 0 Å². The topological polar surface area (TPSA) is 23.5 Å². The number of hydrogen-bond donors (Lipinski definition) is 1. The Morgan fingerprint density at radius 3 is 2.55 bits per heavy atom. The van der Waals surface area contributed by atoms with Crippen LogP contribution in [-0.4, -0.2) is 23.2 Å². The smallest absolute Gasteiger partial charge is 0.0740 e. The van der Waals surface area contributed by atoms with E-state index in [9.17, 15) is 5.11 Å². The largest absolute Gasteiger partial charge is 0.391 e. The molecule has 0 aliphatic heterocycles. The summed E-state index contributed by atoms with van der Waals surface area (Å²) in [6.45, 7) is 0.858. The van der Waals surface area contributed by atoms with Crippen LogP contribution in [0.1, 0.15) is 29.2 Å². The van der Waals surface area contributed by atoms with Crippen molar-refractivity contribution in [1.82, 2.24) is 4.90 Å². The predicted molar refractivity (Wildman–Crippen MR) is 81.4 cm³/mol. The summed E-state index contributed by atoms with van der Waals surface area (Å²) in [5.74, 6) is 0. The van der Waals surface area contributed by atoms with E-state index in [2.05, 4.69) is 60.5 Å². The quantitative estimate of drug-likeness (QED) is 0.923. The minimum absolute atomic E-state index is 0.0974. The van der Waals surface area contributed by atoms with Gasteiger partial charge in [-0.15, -0.1) is 0 Å². The van der Waals surface area contributed by atoms with Crippen molar-refractivity contribution in [3.63, 3.8) is 0 Å². The maximum atomic E-state index is 10.4. The second kappa shape index (κ2) is 5.78. The summed E-state index contributed by atoms with van der Waals surface area (Å²) < 4.78 is 0. The van der Waals surface area contributed by atoms with Gasteiger partial charge < -0.3 is 5.11 Å². The summed E-state index contributed by atoms with van der Waals surface area (Å²) in [7, 11) is 2.10. The van der Waals surface area contributed by atoms with E-state index < -0.39 is 0 Å². The van der Waals surface area contributed by atoms with Crippen molar-refractivity contribution in [2.45, 2.75) is 31.5 Å². The van der Waals surface area contributed by atoms with E-state index >= 15 is 0 Å². The normalized spacial score (nSPS) is 21.8. The third-order valence-corrected chi connectivity index (χ3v) is 4.20. The van der Waals surface area contributed by atoms with Crippen molar-refractivity contribution in [2.75, 3.05) is 7.05 Å². The summed E-state index contributed by atoms with van der Waals surface area (Å²) in [4.78, 5) is 2.26. The first-order valence-electron chi connectivity index (χ1n) is 7.26. The van der Waals surface area contributed by atoms with Gasteiger partial charge in [0.2, 0.25) is 0 Å². The minimum atomic E-state index is -0.279. The van der Waals surface area contributed by atoms with Crippen LogP contribution in [0.5, 0.6) is 0 Å². The Morgan fingerprint density at radius 2 is 1.75 bits per heavy atom. The zero-order valence-electron chi connectivity index (χ0n) is 11.9. The molecule has 2 atom stereocenters. The number of aliphatic hydroxyl groups is 1. The van der Waals surface area contributed by atoms with Gasteiger partial charge in [0.1, 0.15) is 0 Å². The maximum Gasteiger partial charge on any atom is 0.0740 e. The molecule has 2 unspecified atom stereocenters. The van der Waals surface area contributed by atoms with Crippen LogP contribution in [0.3, 0.4) is 0 Å². The lowest BCUT2D eigenvalue weighted by atomic mass is 9.85. The van der Waals surface area contributed by atoms with Crippen molar-refractivity contribution in [3.05, 3.63) is 71.3 Å². The molecule has 1 aliphatic rings. The summed E-state index contributed by atoms with van der Waals surface area (Å²) in [6, 6.07) is 19.0. The van der Waals surface area contributed by atoms with Crippen LogP contribution in [0.4, 0.5) is 0 Å². The van der Waals surface area contributed by atoms with Gasteiger partial charge in [-0.3, -0.25) is 4.90 Å². The van der Waals surface area contributed by atoms with E-state index in [0.29, 0.717) is 0 Å². The van der Waals surface area contributed by atoms with Crippen LogP contribution in [-0.2, 0) is 13.0 Å². The number of hydrogen-bond acceptors (Lipinski definition) is 2. The van der Waals surface area contributed by atoms with Crippen molar-refractivity contribution < 1.29 is 5.11 Å². The van der Waals surface area contributed by atoms with E-state index in [1.54, 1.807) is 0 Å². The molecular weight excluding hydrogens is 246 g/mol. The predicted octanol–water partition coefficient (Wildman–Crippen LogP) is 3.17. The molecule has 2 heteroatoms. The lowest BCUT2D eigenvalue weighted by Crippen LogP contribution is -2.37. The number of aliphatic hydroxyl groups excluding tert-OH is 1. The van der Waals surface area contributed by atoms with Gasteiger partial charge in [0.05, 0.1) is 12.1 Å². The van der Waals surface area contributed by atoms with E-state index in [1.165, 1.54) is 16.7 Å². The Bertz CT molecular complexity index is 567. The second-order valence-electron chi connectivity index (χ2n) is 5.65. The molecule has 2 nitrogen and oxygen atoms in total. The highest BCUT2D eigenvalue weighted by Crippen LogP contribution is 2.34. The number of fused-ring (bicyclic) bond motifs is 1. The molecule has 0 fully saturated rings. The van der Waals surface area contributed by atoms with Crippen molar-refractivity contribution >= 4 is 0 Å². The number of rotatable bonds is 3. The zero-order valence-corrected chi connectivity index (χ0v) is 11.9. The van der Waals surface area contributed by atoms with Crippen LogP contribution in [0.15, 0.2) is 54.6 Å². The molecule has 0 radical (unpaired) electrons. The molecule has 3 rings (SSSR count). The number of likely N-dealkylation sites (N-methyl/N-ethyl adjacent to an activating group) is 1. The molecule has 0 saturated heterocycles. The molecule has 20 heavy (non-hydrogen) atoms. The van der Waals surface area contributed by atoms with Crippen LogP contribution in [0.25, 0.3) is 0 Å². The Kier molecular flexibility index (Phi) is 3.86. The van der Waals surface area contributed by atoms with Gasteiger partial charge >= 0.3 is 0 Å². The average molecular weight is 267 g/mol. The molecule has 104 valence electrons. The van der Waals surface area contributed by atoms with E-state index in [-0.39, 0.29) is 12.1 Å². The third kappa shape index (κ3) is 2.62. The molecule has 0 bridgehead atoms. The van der Waals surface area contributed by atoms with Crippen LogP contribution < -0.4 is 0 Å². The first-order chi connectivity index (χ1) is 9.75.